The fourth-order valence-electron chi connectivity index (χ4n) is 1.83. The van der Waals surface area contributed by atoms with Crippen LogP contribution in [0.25, 0.3) is 0 Å². The summed E-state index contributed by atoms with van der Waals surface area (Å²) in [7, 11) is 3.30. The molecule has 1 aromatic heterocycles. The molecule has 0 saturated heterocycles. The highest BCUT2D eigenvalue weighted by Gasteiger charge is 2.16. The molecule has 0 aliphatic carbocycles. The highest BCUT2D eigenvalue weighted by Crippen LogP contribution is 2.20. The molecule has 0 unspecified atom stereocenters. The minimum atomic E-state index is -0.250. The first-order valence-electron chi connectivity index (χ1n) is 6.65. The van der Waals surface area contributed by atoms with Crippen molar-refractivity contribution in [3.05, 3.63) is 42.1 Å². The van der Waals surface area contributed by atoms with Crippen molar-refractivity contribution < 1.29 is 9.53 Å². The maximum Gasteiger partial charge on any atom is 0.261 e. The number of nitrogens with one attached hydrogen (secondary N) is 1. The van der Waals surface area contributed by atoms with Gasteiger partial charge >= 0.3 is 0 Å². The van der Waals surface area contributed by atoms with Gasteiger partial charge in [0.15, 0.2) is 11.7 Å². The van der Waals surface area contributed by atoms with Gasteiger partial charge in [-0.05, 0) is 12.1 Å². The van der Waals surface area contributed by atoms with Crippen molar-refractivity contribution >= 4 is 23.3 Å². The van der Waals surface area contributed by atoms with Crippen molar-refractivity contribution in [3.63, 3.8) is 0 Å². The van der Waals surface area contributed by atoms with E-state index >= 15 is 0 Å². The van der Waals surface area contributed by atoms with Gasteiger partial charge in [-0.1, -0.05) is 25.1 Å². The van der Waals surface area contributed by atoms with Crippen molar-refractivity contribution in [2.45, 2.75) is 13.3 Å². The second-order valence-corrected chi connectivity index (χ2v) is 4.39. The molecule has 0 spiro atoms. The number of amides is 1. The summed E-state index contributed by atoms with van der Waals surface area (Å²) in [6, 6.07) is 9.26. The van der Waals surface area contributed by atoms with Gasteiger partial charge in [0, 0.05) is 19.2 Å². The number of rotatable bonds is 4. The Kier molecular flexibility index (Phi) is 4.71. The molecule has 2 rings (SSSR count). The number of anilines is 1. The van der Waals surface area contributed by atoms with Crippen LogP contribution in [0.1, 0.15) is 23.7 Å². The Labute approximate surface area is 123 Å². The van der Waals surface area contributed by atoms with Gasteiger partial charge in [0.25, 0.3) is 5.91 Å². The van der Waals surface area contributed by atoms with Crippen LogP contribution >= 0.6 is 0 Å². The van der Waals surface area contributed by atoms with Gasteiger partial charge in [0.2, 0.25) is 0 Å². The fraction of sp³-hybridized carbons (Fsp3) is 0.267. The van der Waals surface area contributed by atoms with Crippen LogP contribution in [0, 0.1) is 0 Å². The van der Waals surface area contributed by atoms with Crippen LogP contribution in [0.5, 0.6) is 0 Å². The van der Waals surface area contributed by atoms with E-state index in [1.54, 1.807) is 18.8 Å². The SMILES string of the molecule is CC/C(=N\c1c(C(=O)Nc2ccccc2)cnn1C)OC. The molecule has 1 amide bonds. The molecule has 0 bridgehead atoms. The molecule has 0 atom stereocenters. The van der Waals surface area contributed by atoms with Gasteiger partial charge < -0.3 is 10.1 Å². The first-order valence-corrected chi connectivity index (χ1v) is 6.65. The predicted molar refractivity (Wildman–Crippen MR) is 82.0 cm³/mol. The van der Waals surface area contributed by atoms with Crippen LogP contribution in [-0.4, -0.2) is 28.7 Å². The molecule has 6 nitrogen and oxygen atoms in total. The summed E-state index contributed by atoms with van der Waals surface area (Å²) in [4.78, 5) is 16.7. The van der Waals surface area contributed by atoms with Gasteiger partial charge in [-0.25, -0.2) is 0 Å². The number of carbonyl (C=O) groups is 1. The topological polar surface area (TPSA) is 68.5 Å². The monoisotopic (exact) mass is 286 g/mol. The number of carbonyl (C=O) groups excluding carboxylic acids is 1. The molecular formula is C15H18N4O2. The third-order valence-electron chi connectivity index (χ3n) is 2.95. The number of nitrogens with zero attached hydrogens (tertiary/aromatic N) is 3. The lowest BCUT2D eigenvalue weighted by atomic mass is 10.2. The molecule has 6 heteroatoms. The van der Waals surface area contributed by atoms with Crippen LogP contribution in [0.2, 0.25) is 0 Å². The Hall–Kier alpha value is -2.63. The lowest BCUT2D eigenvalue weighted by Crippen LogP contribution is -2.12. The summed E-state index contributed by atoms with van der Waals surface area (Å²) in [5.74, 6) is 0.772. The van der Waals surface area contributed by atoms with Crippen LogP contribution in [0.3, 0.4) is 0 Å². The molecule has 110 valence electrons. The molecule has 0 saturated carbocycles. The molecule has 2 aromatic rings. The number of benzene rings is 1. The molecule has 1 heterocycles. The van der Waals surface area contributed by atoms with Gasteiger partial charge in [-0.15, -0.1) is 0 Å². The average molecular weight is 286 g/mol. The molecule has 0 aliphatic heterocycles. The Morgan fingerprint density at radius 2 is 2.10 bits per heavy atom. The number of aliphatic imine (C=N–C) groups is 1. The predicted octanol–water partition coefficient (Wildman–Crippen LogP) is 2.76. The minimum Gasteiger partial charge on any atom is -0.484 e. The van der Waals surface area contributed by atoms with E-state index in [0.717, 1.165) is 5.69 Å². The van der Waals surface area contributed by atoms with Gasteiger partial charge in [0.1, 0.15) is 5.56 Å². The third-order valence-corrected chi connectivity index (χ3v) is 2.95. The zero-order valence-corrected chi connectivity index (χ0v) is 12.3. The summed E-state index contributed by atoms with van der Waals surface area (Å²) >= 11 is 0. The second-order valence-electron chi connectivity index (χ2n) is 4.39. The van der Waals surface area contributed by atoms with E-state index in [0.29, 0.717) is 23.7 Å². The summed E-state index contributed by atoms with van der Waals surface area (Å²) < 4.78 is 6.71. The number of ether oxygens (including phenoxy) is 1. The van der Waals surface area contributed by atoms with E-state index in [9.17, 15) is 4.79 Å². The number of methoxy groups -OCH3 is 1. The Morgan fingerprint density at radius 3 is 2.71 bits per heavy atom. The van der Waals surface area contributed by atoms with E-state index in [1.807, 2.05) is 37.3 Å². The third kappa shape index (κ3) is 3.47. The van der Waals surface area contributed by atoms with E-state index in [-0.39, 0.29) is 5.91 Å². The Morgan fingerprint density at radius 1 is 1.38 bits per heavy atom. The summed E-state index contributed by atoms with van der Waals surface area (Å²) in [6.07, 6.45) is 2.14. The number of aromatic nitrogens is 2. The van der Waals surface area contributed by atoms with Crippen LogP contribution < -0.4 is 5.32 Å². The van der Waals surface area contributed by atoms with Gasteiger partial charge in [0.05, 0.1) is 13.3 Å². The van der Waals surface area contributed by atoms with Crippen molar-refractivity contribution in [1.29, 1.82) is 0 Å². The summed E-state index contributed by atoms with van der Waals surface area (Å²) in [6.45, 7) is 1.93. The first kappa shape index (κ1) is 14.8. The number of hydrogen-bond acceptors (Lipinski definition) is 4. The molecule has 21 heavy (non-hydrogen) atoms. The molecule has 1 N–H and O–H groups in total. The summed E-state index contributed by atoms with van der Waals surface area (Å²) in [5.41, 5.74) is 1.13. The second kappa shape index (κ2) is 6.69. The smallest absolute Gasteiger partial charge is 0.261 e. The van der Waals surface area contributed by atoms with Crippen molar-refractivity contribution in [3.8, 4) is 0 Å². The summed E-state index contributed by atoms with van der Waals surface area (Å²) in [5, 5.41) is 6.91. The lowest BCUT2D eigenvalue weighted by molar-refractivity contribution is 0.102. The minimum absolute atomic E-state index is 0.250. The fourth-order valence-corrected chi connectivity index (χ4v) is 1.83. The zero-order chi connectivity index (χ0) is 15.2. The van der Waals surface area contributed by atoms with Crippen LogP contribution in [-0.2, 0) is 11.8 Å². The Bertz CT molecular complexity index is 641. The van der Waals surface area contributed by atoms with Crippen molar-refractivity contribution in [1.82, 2.24) is 9.78 Å². The maximum atomic E-state index is 12.3. The van der Waals surface area contributed by atoms with E-state index in [1.165, 1.54) is 6.20 Å². The van der Waals surface area contributed by atoms with Crippen LogP contribution in [0.4, 0.5) is 11.5 Å². The quantitative estimate of drug-likeness (QED) is 0.694. The normalized spacial score (nSPS) is 11.3. The van der Waals surface area contributed by atoms with Gasteiger partial charge in [-0.2, -0.15) is 10.1 Å². The van der Waals surface area contributed by atoms with Crippen molar-refractivity contribution in [2.24, 2.45) is 12.0 Å². The number of hydrogen-bond donors (Lipinski definition) is 1. The number of para-hydroxylation sites is 1. The molecule has 0 fully saturated rings. The largest absolute Gasteiger partial charge is 0.484 e. The van der Waals surface area contributed by atoms with E-state index in [4.69, 9.17) is 4.74 Å². The molecule has 1 aromatic carbocycles. The molecule has 0 aliphatic rings. The lowest BCUT2D eigenvalue weighted by Gasteiger charge is -2.06. The Balaban J connectivity index is 2.28. The zero-order valence-electron chi connectivity index (χ0n) is 12.3. The average Bonchev–Trinajstić information content (AvgIpc) is 2.86. The number of aryl methyl sites for hydroxylation is 1. The van der Waals surface area contributed by atoms with E-state index < -0.39 is 0 Å². The van der Waals surface area contributed by atoms with E-state index in [2.05, 4.69) is 15.4 Å². The highest BCUT2D eigenvalue weighted by atomic mass is 16.5. The standard InChI is InChI=1S/C15H18N4O2/c1-4-13(21-3)18-14-12(10-16-19(14)2)15(20)17-11-8-6-5-7-9-11/h5-10H,4H2,1-3H3,(H,17,20)/b18-13+. The highest BCUT2D eigenvalue weighted by molar-refractivity contribution is 6.07. The molecule has 0 radical (unpaired) electrons. The van der Waals surface area contributed by atoms with Gasteiger partial charge in [-0.3, -0.25) is 9.48 Å². The molecular weight excluding hydrogens is 268 g/mol. The van der Waals surface area contributed by atoms with Crippen LogP contribution in [0.15, 0.2) is 41.5 Å². The van der Waals surface area contributed by atoms with Crippen molar-refractivity contribution in [2.75, 3.05) is 12.4 Å². The first-order chi connectivity index (χ1) is 10.2. The maximum absolute atomic E-state index is 12.3.